The van der Waals surface area contributed by atoms with E-state index in [-0.39, 0.29) is 18.0 Å². The molecule has 2 amide bonds. The van der Waals surface area contributed by atoms with Crippen LogP contribution in [-0.2, 0) is 4.79 Å². The fraction of sp³-hybridized carbons (Fsp3) is 0.692. The Balaban J connectivity index is 2.87. The maximum atomic E-state index is 11.4. The van der Waals surface area contributed by atoms with Crippen LogP contribution in [-0.4, -0.2) is 39.6 Å². The van der Waals surface area contributed by atoms with Gasteiger partial charge in [-0.3, -0.25) is 9.69 Å². The van der Waals surface area contributed by atoms with Gasteiger partial charge in [0.25, 0.3) is 0 Å². The van der Waals surface area contributed by atoms with Crippen molar-refractivity contribution in [2.45, 2.75) is 57.7 Å². The Morgan fingerprint density at radius 3 is 2.44 bits per heavy atom. The van der Waals surface area contributed by atoms with Crippen LogP contribution < -0.4 is 5.32 Å². The maximum absolute atomic E-state index is 11.4. The van der Waals surface area contributed by atoms with Crippen molar-refractivity contribution >= 4 is 12.0 Å². The minimum absolute atomic E-state index is 0.120. The quantitative estimate of drug-likeness (QED) is 0.757. The van der Waals surface area contributed by atoms with E-state index < -0.39 is 11.6 Å². The predicted octanol–water partition coefficient (Wildman–Crippen LogP) is 1.99. The maximum Gasteiger partial charge on any atom is 0.408 e. The highest BCUT2D eigenvalue weighted by atomic mass is 16.4. The lowest BCUT2D eigenvalue weighted by atomic mass is 10.0. The summed E-state index contributed by atoms with van der Waals surface area (Å²) in [6, 6.07) is -0.280. The molecule has 0 aromatic carbocycles. The molecule has 5 nitrogen and oxygen atoms in total. The van der Waals surface area contributed by atoms with Gasteiger partial charge >= 0.3 is 6.09 Å². The highest BCUT2D eigenvalue weighted by Gasteiger charge is 2.40. The monoisotopic (exact) mass is 254 g/mol. The first-order valence-electron chi connectivity index (χ1n) is 6.22. The molecule has 1 aliphatic rings. The molecule has 0 aromatic rings. The van der Waals surface area contributed by atoms with Crippen LogP contribution in [0.3, 0.4) is 0 Å². The molecule has 1 saturated carbocycles. The number of hydrogen-bond donors (Lipinski definition) is 2. The van der Waals surface area contributed by atoms with Crippen LogP contribution in [0, 0.1) is 0 Å². The second-order valence-electron chi connectivity index (χ2n) is 5.64. The van der Waals surface area contributed by atoms with E-state index in [0.29, 0.717) is 0 Å². The van der Waals surface area contributed by atoms with E-state index in [1.54, 1.807) is 0 Å². The summed E-state index contributed by atoms with van der Waals surface area (Å²) in [7, 11) is 0. The van der Waals surface area contributed by atoms with Crippen LogP contribution in [0.4, 0.5) is 4.79 Å². The molecule has 1 aliphatic carbocycles. The summed E-state index contributed by atoms with van der Waals surface area (Å²) >= 11 is 0. The molecule has 0 heterocycles. The van der Waals surface area contributed by atoms with Crippen molar-refractivity contribution in [1.29, 1.82) is 0 Å². The fourth-order valence-corrected chi connectivity index (χ4v) is 2.59. The van der Waals surface area contributed by atoms with Gasteiger partial charge < -0.3 is 10.4 Å². The number of rotatable bonds is 3. The first kappa shape index (κ1) is 14.5. The number of carbonyl (C=O) groups excluding carboxylic acids is 1. The zero-order valence-corrected chi connectivity index (χ0v) is 11.3. The summed E-state index contributed by atoms with van der Waals surface area (Å²) in [5.41, 5.74) is -0.474. The van der Waals surface area contributed by atoms with Gasteiger partial charge in [0.15, 0.2) is 0 Å². The van der Waals surface area contributed by atoms with Crippen LogP contribution in [0.2, 0.25) is 0 Å². The minimum Gasteiger partial charge on any atom is -0.465 e. The van der Waals surface area contributed by atoms with Gasteiger partial charge in [0.05, 0.1) is 6.04 Å². The lowest BCUT2D eigenvalue weighted by molar-refractivity contribution is -0.117. The Morgan fingerprint density at radius 1 is 1.39 bits per heavy atom. The molecule has 0 bridgehead atoms. The Hall–Kier alpha value is -1.52. The third kappa shape index (κ3) is 3.24. The van der Waals surface area contributed by atoms with Crippen molar-refractivity contribution in [2.75, 3.05) is 0 Å². The minimum atomic E-state index is -0.938. The van der Waals surface area contributed by atoms with Crippen molar-refractivity contribution < 1.29 is 14.7 Å². The summed E-state index contributed by atoms with van der Waals surface area (Å²) in [6.45, 7) is 9.02. The molecule has 1 rings (SSSR count). The molecule has 0 aliphatic heterocycles. The Kier molecular flexibility index (Phi) is 4.38. The van der Waals surface area contributed by atoms with Crippen LogP contribution >= 0.6 is 0 Å². The van der Waals surface area contributed by atoms with E-state index in [1.807, 2.05) is 20.8 Å². The molecular weight excluding hydrogens is 232 g/mol. The number of hydrogen-bond acceptors (Lipinski definition) is 2. The Labute approximate surface area is 108 Å². The standard InChI is InChI=1S/C13H22N2O3/c1-5-11(16)14-9-7-6-8-10(9)15(12(17)18)13(2,3)4/h5,9-10H,1,6-8H2,2-4H3,(H,14,16)(H,17,18)/t9-,10+/m0/s1. The van der Waals surface area contributed by atoms with Crippen molar-refractivity contribution in [3.63, 3.8) is 0 Å². The van der Waals surface area contributed by atoms with Gasteiger partial charge in [-0.25, -0.2) is 4.79 Å². The SMILES string of the molecule is C=CC(=O)N[C@H]1CCC[C@H]1N(C(=O)O)C(C)(C)C. The summed E-state index contributed by atoms with van der Waals surface area (Å²) in [6.07, 6.45) is 2.80. The molecule has 102 valence electrons. The summed E-state index contributed by atoms with van der Waals surface area (Å²) in [5.74, 6) is -0.244. The van der Waals surface area contributed by atoms with E-state index in [4.69, 9.17) is 0 Å². The van der Waals surface area contributed by atoms with Crippen LogP contribution in [0.5, 0.6) is 0 Å². The van der Waals surface area contributed by atoms with E-state index in [0.717, 1.165) is 19.3 Å². The molecule has 0 spiro atoms. The van der Waals surface area contributed by atoms with Gasteiger partial charge in [-0.2, -0.15) is 0 Å². The van der Waals surface area contributed by atoms with Gasteiger partial charge in [-0.05, 0) is 46.1 Å². The molecule has 5 heteroatoms. The average molecular weight is 254 g/mol. The molecule has 2 atom stereocenters. The number of carboxylic acid groups (broad SMARTS) is 1. The first-order valence-corrected chi connectivity index (χ1v) is 6.22. The van der Waals surface area contributed by atoms with Gasteiger partial charge in [0.2, 0.25) is 5.91 Å². The zero-order chi connectivity index (χ0) is 13.9. The summed E-state index contributed by atoms with van der Waals surface area (Å²) in [5, 5.41) is 12.2. The van der Waals surface area contributed by atoms with E-state index in [1.165, 1.54) is 11.0 Å². The number of nitrogens with one attached hydrogen (secondary N) is 1. The van der Waals surface area contributed by atoms with Crippen LogP contribution in [0.25, 0.3) is 0 Å². The first-order chi connectivity index (χ1) is 8.27. The largest absolute Gasteiger partial charge is 0.465 e. The third-order valence-corrected chi connectivity index (χ3v) is 3.25. The molecular formula is C13H22N2O3. The van der Waals surface area contributed by atoms with Crippen molar-refractivity contribution in [1.82, 2.24) is 10.2 Å². The third-order valence-electron chi connectivity index (χ3n) is 3.25. The zero-order valence-electron chi connectivity index (χ0n) is 11.3. The van der Waals surface area contributed by atoms with Gasteiger partial charge in [-0.1, -0.05) is 6.58 Å². The van der Waals surface area contributed by atoms with Crippen LogP contribution in [0.15, 0.2) is 12.7 Å². The molecule has 0 aromatic heterocycles. The summed E-state index contributed by atoms with van der Waals surface area (Å²) < 4.78 is 0. The number of carbonyl (C=O) groups is 2. The molecule has 0 unspecified atom stereocenters. The van der Waals surface area contributed by atoms with Crippen molar-refractivity contribution in [3.8, 4) is 0 Å². The van der Waals surface area contributed by atoms with Gasteiger partial charge in [0.1, 0.15) is 0 Å². The second kappa shape index (κ2) is 5.42. The highest BCUT2D eigenvalue weighted by Crippen LogP contribution is 2.29. The number of amides is 2. The molecule has 0 saturated heterocycles. The fourth-order valence-electron chi connectivity index (χ4n) is 2.59. The van der Waals surface area contributed by atoms with Crippen molar-refractivity contribution in [3.05, 3.63) is 12.7 Å². The lowest BCUT2D eigenvalue weighted by Crippen LogP contribution is -2.57. The highest BCUT2D eigenvalue weighted by molar-refractivity contribution is 5.87. The van der Waals surface area contributed by atoms with Gasteiger partial charge in [0, 0.05) is 11.6 Å². The normalized spacial score (nSPS) is 23.5. The molecule has 2 N–H and O–H groups in total. The van der Waals surface area contributed by atoms with Crippen molar-refractivity contribution in [2.24, 2.45) is 0 Å². The van der Waals surface area contributed by atoms with E-state index >= 15 is 0 Å². The second-order valence-corrected chi connectivity index (χ2v) is 5.64. The molecule has 0 radical (unpaired) electrons. The summed E-state index contributed by atoms with van der Waals surface area (Å²) in [4.78, 5) is 24.2. The average Bonchev–Trinajstić information content (AvgIpc) is 2.63. The predicted molar refractivity (Wildman–Crippen MR) is 69.4 cm³/mol. The molecule has 1 fully saturated rings. The van der Waals surface area contributed by atoms with Gasteiger partial charge in [-0.15, -0.1) is 0 Å². The Bertz CT molecular complexity index is 347. The molecule has 18 heavy (non-hydrogen) atoms. The smallest absolute Gasteiger partial charge is 0.408 e. The number of nitrogens with zero attached hydrogens (tertiary/aromatic N) is 1. The Morgan fingerprint density at radius 2 is 2.00 bits per heavy atom. The van der Waals surface area contributed by atoms with Crippen LogP contribution in [0.1, 0.15) is 40.0 Å². The van der Waals surface area contributed by atoms with E-state index in [9.17, 15) is 14.7 Å². The topological polar surface area (TPSA) is 69.6 Å². The lowest BCUT2D eigenvalue weighted by Gasteiger charge is -2.40. The van der Waals surface area contributed by atoms with E-state index in [2.05, 4.69) is 11.9 Å².